The molecular weight excluding hydrogens is 174 g/mol. The normalized spacial score (nSPS) is 22.4. The van der Waals surface area contributed by atoms with Crippen molar-refractivity contribution in [2.75, 3.05) is 19.8 Å². The van der Waals surface area contributed by atoms with Crippen molar-refractivity contribution in [1.29, 1.82) is 0 Å². The van der Waals surface area contributed by atoms with Gasteiger partial charge >= 0.3 is 0 Å². The Bertz CT molecular complexity index is 183. The molecule has 82 valence electrons. The summed E-state index contributed by atoms with van der Waals surface area (Å²) in [6.45, 7) is 9.52. The first-order valence-corrected chi connectivity index (χ1v) is 5.73. The lowest BCUT2D eigenvalue weighted by atomic mass is 9.96. The van der Waals surface area contributed by atoms with Crippen LogP contribution in [0.5, 0.6) is 0 Å². The lowest BCUT2D eigenvalue weighted by molar-refractivity contribution is 0.0783. The third kappa shape index (κ3) is 3.81. The van der Waals surface area contributed by atoms with E-state index in [-0.39, 0.29) is 0 Å². The Morgan fingerprint density at radius 3 is 2.71 bits per heavy atom. The fraction of sp³-hybridized carbons (Fsp3) is 0.833. The summed E-state index contributed by atoms with van der Waals surface area (Å²) in [5.41, 5.74) is 1.47. The molecule has 0 spiro atoms. The van der Waals surface area contributed by atoms with Crippen LogP contribution in [0.3, 0.4) is 0 Å². The van der Waals surface area contributed by atoms with Gasteiger partial charge in [-0.2, -0.15) is 0 Å². The standard InChI is InChI=1S/C12H23NO/c1-4-13-11(3)10(2)9-12-5-7-14-8-6-12/h9,11-13H,4-8H2,1-3H3. The molecule has 1 unspecified atom stereocenters. The molecule has 1 heterocycles. The Morgan fingerprint density at radius 1 is 1.50 bits per heavy atom. The van der Waals surface area contributed by atoms with E-state index in [1.807, 2.05) is 0 Å². The molecular formula is C12H23NO. The van der Waals surface area contributed by atoms with Crippen molar-refractivity contribution in [1.82, 2.24) is 5.32 Å². The molecule has 1 N–H and O–H groups in total. The molecule has 0 radical (unpaired) electrons. The van der Waals surface area contributed by atoms with Gasteiger partial charge in [-0.05, 0) is 39.2 Å². The first-order chi connectivity index (χ1) is 6.74. The van der Waals surface area contributed by atoms with Crippen molar-refractivity contribution in [3.8, 4) is 0 Å². The van der Waals surface area contributed by atoms with Gasteiger partial charge in [0.2, 0.25) is 0 Å². The second-order valence-corrected chi connectivity index (χ2v) is 4.14. The van der Waals surface area contributed by atoms with E-state index < -0.39 is 0 Å². The average Bonchev–Trinajstić information content (AvgIpc) is 2.19. The molecule has 2 nitrogen and oxygen atoms in total. The van der Waals surface area contributed by atoms with Gasteiger partial charge in [0.15, 0.2) is 0 Å². The summed E-state index contributed by atoms with van der Waals surface area (Å²) in [5.74, 6) is 0.741. The van der Waals surface area contributed by atoms with Gasteiger partial charge in [-0.15, -0.1) is 0 Å². The van der Waals surface area contributed by atoms with Crippen LogP contribution in [-0.4, -0.2) is 25.8 Å². The van der Waals surface area contributed by atoms with Crippen molar-refractivity contribution in [2.45, 2.75) is 39.7 Å². The average molecular weight is 197 g/mol. The highest BCUT2D eigenvalue weighted by Gasteiger charge is 2.12. The maximum absolute atomic E-state index is 5.34. The number of likely N-dealkylation sites (N-methyl/N-ethyl adjacent to an activating group) is 1. The van der Waals surface area contributed by atoms with Crippen LogP contribution in [0, 0.1) is 5.92 Å². The van der Waals surface area contributed by atoms with Crippen LogP contribution in [0.4, 0.5) is 0 Å². The molecule has 1 aliphatic heterocycles. The van der Waals surface area contributed by atoms with E-state index in [9.17, 15) is 0 Å². The summed E-state index contributed by atoms with van der Waals surface area (Å²) in [6, 6.07) is 0.517. The van der Waals surface area contributed by atoms with Gasteiger partial charge in [0.1, 0.15) is 0 Å². The van der Waals surface area contributed by atoms with E-state index in [1.54, 1.807) is 0 Å². The lowest BCUT2D eigenvalue weighted by Gasteiger charge is -2.21. The maximum atomic E-state index is 5.34. The van der Waals surface area contributed by atoms with E-state index in [2.05, 4.69) is 32.2 Å². The van der Waals surface area contributed by atoms with Crippen LogP contribution in [0.15, 0.2) is 11.6 Å². The zero-order valence-corrected chi connectivity index (χ0v) is 9.68. The number of rotatable bonds is 4. The third-order valence-electron chi connectivity index (χ3n) is 2.96. The molecule has 14 heavy (non-hydrogen) atoms. The number of hydrogen-bond donors (Lipinski definition) is 1. The summed E-state index contributed by atoms with van der Waals surface area (Å²) in [6.07, 6.45) is 4.81. The first kappa shape index (κ1) is 11.7. The number of ether oxygens (including phenoxy) is 1. The molecule has 1 fully saturated rings. The monoisotopic (exact) mass is 197 g/mol. The number of allylic oxidation sites excluding steroid dienone is 1. The molecule has 1 aliphatic rings. The highest BCUT2D eigenvalue weighted by atomic mass is 16.5. The molecule has 0 aromatic heterocycles. The fourth-order valence-electron chi connectivity index (χ4n) is 1.87. The SMILES string of the molecule is CCNC(C)C(C)=CC1CCOCC1. The van der Waals surface area contributed by atoms with Crippen molar-refractivity contribution in [3.05, 3.63) is 11.6 Å². The van der Waals surface area contributed by atoms with Crippen molar-refractivity contribution < 1.29 is 4.74 Å². The molecule has 1 saturated heterocycles. The number of nitrogens with one attached hydrogen (secondary N) is 1. The zero-order valence-electron chi connectivity index (χ0n) is 9.68. The molecule has 0 aliphatic carbocycles. The van der Waals surface area contributed by atoms with Crippen LogP contribution >= 0.6 is 0 Å². The summed E-state index contributed by atoms with van der Waals surface area (Å²) in [4.78, 5) is 0. The first-order valence-electron chi connectivity index (χ1n) is 5.73. The van der Waals surface area contributed by atoms with Crippen molar-refractivity contribution in [2.24, 2.45) is 5.92 Å². The van der Waals surface area contributed by atoms with E-state index >= 15 is 0 Å². The topological polar surface area (TPSA) is 21.3 Å². The molecule has 0 aromatic rings. The molecule has 1 rings (SSSR count). The summed E-state index contributed by atoms with van der Waals surface area (Å²) < 4.78 is 5.34. The smallest absolute Gasteiger partial charge is 0.0471 e. The molecule has 0 aromatic carbocycles. The third-order valence-corrected chi connectivity index (χ3v) is 2.96. The van der Waals surface area contributed by atoms with E-state index in [4.69, 9.17) is 4.74 Å². The Hall–Kier alpha value is -0.340. The van der Waals surface area contributed by atoms with Gasteiger partial charge < -0.3 is 10.1 Å². The molecule has 0 amide bonds. The largest absolute Gasteiger partial charge is 0.381 e. The highest BCUT2D eigenvalue weighted by molar-refractivity contribution is 5.08. The predicted octanol–water partition coefficient (Wildman–Crippen LogP) is 2.36. The maximum Gasteiger partial charge on any atom is 0.0471 e. The van der Waals surface area contributed by atoms with Gasteiger partial charge in [0.25, 0.3) is 0 Å². The second kappa shape index (κ2) is 6.20. The van der Waals surface area contributed by atoms with E-state index in [0.717, 1.165) is 25.7 Å². The fourth-order valence-corrected chi connectivity index (χ4v) is 1.87. The Morgan fingerprint density at radius 2 is 2.14 bits per heavy atom. The van der Waals surface area contributed by atoms with Gasteiger partial charge in [-0.1, -0.05) is 18.6 Å². The lowest BCUT2D eigenvalue weighted by Crippen LogP contribution is -2.27. The Kier molecular flexibility index (Phi) is 5.20. The predicted molar refractivity (Wildman–Crippen MR) is 60.4 cm³/mol. The van der Waals surface area contributed by atoms with Crippen molar-refractivity contribution in [3.63, 3.8) is 0 Å². The van der Waals surface area contributed by atoms with E-state index in [0.29, 0.717) is 6.04 Å². The van der Waals surface area contributed by atoms with Crippen molar-refractivity contribution >= 4 is 0 Å². The highest BCUT2D eigenvalue weighted by Crippen LogP contribution is 2.18. The van der Waals surface area contributed by atoms with Gasteiger partial charge in [-0.25, -0.2) is 0 Å². The quantitative estimate of drug-likeness (QED) is 0.699. The van der Waals surface area contributed by atoms with Crippen LogP contribution in [0.1, 0.15) is 33.6 Å². The van der Waals surface area contributed by atoms with Crippen LogP contribution in [0.25, 0.3) is 0 Å². The molecule has 1 atom stereocenters. The minimum Gasteiger partial charge on any atom is -0.381 e. The second-order valence-electron chi connectivity index (χ2n) is 4.14. The molecule has 0 saturated carbocycles. The zero-order chi connectivity index (χ0) is 10.4. The Balaban J connectivity index is 2.39. The van der Waals surface area contributed by atoms with Gasteiger partial charge in [-0.3, -0.25) is 0 Å². The van der Waals surface area contributed by atoms with E-state index in [1.165, 1.54) is 18.4 Å². The van der Waals surface area contributed by atoms with Crippen LogP contribution < -0.4 is 5.32 Å². The van der Waals surface area contributed by atoms with Gasteiger partial charge in [0.05, 0.1) is 0 Å². The van der Waals surface area contributed by atoms with Crippen LogP contribution in [0.2, 0.25) is 0 Å². The van der Waals surface area contributed by atoms with Crippen LogP contribution in [-0.2, 0) is 4.74 Å². The summed E-state index contributed by atoms with van der Waals surface area (Å²) in [7, 11) is 0. The molecule has 2 heteroatoms. The summed E-state index contributed by atoms with van der Waals surface area (Å²) in [5, 5.41) is 3.44. The van der Waals surface area contributed by atoms with Gasteiger partial charge in [0, 0.05) is 19.3 Å². The Labute approximate surface area is 87.7 Å². The molecule has 0 bridgehead atoms. The minimum absolute atomic E-state index is 0.517. The summed E-state index contributed by atoms with van der Waals surface area (Å²) >= 11 is 0. The number of hydrogen-bond acceptors (Lipinski definition) is 2. The minimum atomic E-state index is 0.517.